The monoisotopic (exact) mass is 232 g/mol. The first-order chi connectivity index (χ1) is 7.63. The zero-order chi connectivity index (χ0) is 11.7. The molecule has 0 aliphatic rings. The third-order valence-electron chi connectivity index (χ3n) is 2.23. The van der Waals surface area contributed by atoms with Gasteiger partial charge in [-0.3, -0.25) is 0 Å². The Kier molecular flexibility index (Phi) is 2.63. The summed E-state index contributed by atoms with van der Waals surface area (Å²) >= 11 is 6.05. The number of pyridine rings is 1. The highest BCUT2D eigenvalue weighted by Crippen LogP contribution is 2.21. The number of nitrogens with zero attached hydrogens (tertiary/aromatic N) is 4. The van der Waals surface area contributed by atoms with Gasteiger partial charge in [0.05, 0.1) is 5.69 Å². The van der Waals surface area contributed by atoms with E-state index in [9.17, 15) is 0 Å². The van der Waals surface area contributed by atoms with Crippen molar-refractivity contribution in [2.75, 3.05) is 0 Å². The van der Waals surface area contributed by atoms with E-state index >= 15 is 0 Å². The standard InChI is InChI=1S/C11H9ClN4/c1-7-3-4-14-10(5-7)16-11(12)9(6-13)8(2)15-16/h3-5H,1-2H3. The number of nitriles is 1. The van der Waals surface area contributed by atoms with Gasteiger partial charge in [0.25, 0.3) is 0 Å². The normalized spacial score (nSPS) is 10.1. The molecule has 4 nitrogen and oxygen atoms in total. The Morgan fingerprint density at radius 3 is 2.75 bits per heavy atom. The number of rotatable bonds is 1. The Hall–Kier alpha value is -1.86. The molecule has 0 saturated carbocycles. The lowest BCUT2D eigenvalue weighted by atomic mass is 10.3. The molecule has 2 aromatic rings. The van der Waals surface area contributed by atoms with Crippen LogP contribution in [0.1, 0.15) is 16.8 Å². The van der Waals surface area contributed by atoms with Gasteiger partial charge in [-0.15, -0.1) is 0 Å². The molecule has 2 rings (SSSR count). The summed E-state index contributed by atoms with van der Waals surface area (Å²) in [6, 6.07) is 5.77. The van der Waals surface area contributed by atoms with Crippen LogP contribution in [0.25, 0.3) is 5.82 Å². The van der Waals surface area contributed by atoms with Crippen molar-refractivity contribution in [3.63, 3.8) is 0 Å². The van der Waals surface area contributed by atoms with Gasteiger partial charge in [0.2, 0.25) is 0 Å². The minimum absolute atomic E-state index is 0.304. The van der Waals surface area contributed by atoms with Crippen LogP contribution in [0.3, 0.4) is 0 Å². The molecule has 0 spiro atoms. The van der Waals surface area contributed by atoms with Crippen molar-refractivity contribution < 1.29 is 0 Å². The topological polar surface area (TPSA) is 54.5 Å². The molecule has 2 aromatic heterocycles. The second-order valence-corrected chi connectivity index (χ2v) is 3.82. The van der Waals surface area contributed by atoms with E-state index in [0.29, 0.717) is 22.2 Å². The molecular weight excluding hydrogens is 224 g/mol. The van der Waals surface area contributed by atoms with Gasteiger partial charge in [-0.2, -0.15) is 10.4 Å². The first-order valence-electron chi connectivity index (χ1n) is 4.71. The summed E-state index contributed by atoms with van der Waals surface area (Å²) in [5.74, 6) is 0.620. The number of aromatic nitrogens is 3. The smallest absolute Gasteiger partial charge is 0.155 e. The summed E-state index contributed by atoms with van der Waals surface area (Å²) in [6.07, 6.45) is 1.68. The van der Waals surface area contributed by atoms with Gasteiger partial charge in [-0.25, -0.2) is 9.67 Å². The summed E-state index contributed by atoms with van der Waals surface area (Å²) < 4.78 is 1.47. The first-order valence-corrected chi connectivity index (χ1v) is 5.09. The van der Waals surface area contributed by atoms with Gasteiger partial charge in [0.15, 0.2) is 11.0 Å². The quantitative estimate of drug-likeness (QED) is 0.759. The van der Waals surface area contributed by atoms with Crippen LogP contribution in [0.5, 0.6) is 0 Å². The largest absolute Gasteiger partial charge is 0.237 e. The SMILES string of the molecule is Cc1ccnc(-n2nc(C)c(C#N)c2Cl)c1. The van der Waals surface area contributed by atoms with Crippen molar-refractivity contribution in [1.82, 2.24) is 14.8 Å². The van der Waals surface area contributed by atoms with Crippen LogP contribution < -0.4 is 0 Å². The van der Waals surface area contributed by atoms with Gasteiger partial charge in [0, 0.05) is 6.20 Å². The summed E-state index contributed by atoms with van der Waals surface area (Å²) in [5, 5.41) is 13.4. The Morgan fingerprint density at radius 1 is 1.44 bits per heavy atom. The molecule has 0 bridgehead atoms. The van der Waals surface area contributed by atoms with E-state index in [1.54, 1.807) is 13.1 Å². The first kappa shape index (κ1) is 10.7. The fourth-order valence-electron chi connectivity index (χ4n) is 1.41. The highest BCUT2D eigenvalue weighted by Gasteiger charge is 2.14. The molecule has 2 heterocycles. The van der Waals surface area contributed by atoms with E-state index in [4.69, 9.17) is 16.9 Å². The summed E-state index contributed by atoms with van der Waals surface area (Å²) in [6.45, 7) is 3.71. The van der Waals surface area contributed by atoms with E-state index in [2.05, 4.69) is 10.1 Å². The average molecular weight is 233 g/mol. The van der Waals surface area contributed by atoms with Crippen molar-refractivity contribution in [1.29, 1.82) is 5.26 Å². The van der Waals surface area contributed by atoms with Crippen LogP contribution in [0, 0.1) is 25.2 Å². The maximum atomic E-state index is 8.91. The third-order valence-corrected chi connectivity index (χ3v) is 2.58. The summed E-state index contributed by atoms with van der Waals surface area (Å²) in [7, 11) is 0. The molecule has 0 atom stereocenters. The van der Waals surface area contributed by atoms with Gasteiger partial charge >= 0.3 is 0 Å². The second-order valence-electron chi connectivity index (χ2n) is 3.47. The van der Waals surface area contributed by atoms with Crippen molar-refractivity contribution in [2.24, 2.45) is 0 Å². The van der Waals surface area contributed by atoms with Crippen molar-refractivity contribution in [2.45, 2.75) is 13.8 Å². The predicted octanol–water partition coefficient (Wildman–Crippen LogP) is 2.41. The molecule has 0 saturated heterocycles. The van der Waals surface area contributed by atoms with Crippen molar-refractivity contribution in [3.05, 3.63) is 40.3 Å². The molecule has 0 aliphatic carbocycles. The Labute approximate surface area is 98.1 Å². The van der Waals surface area contributed by atoms with Crippen LogP contribution in [-0.2, 0) is 0 Å². The zero-order valence-corrected chi connectivity index (χ0v) is 9.65. The molecule has 0 radical (unpaired) electrons. The average Bonchev–Trinajstić information content (AvgIpc) is 2.54. The Morgan fingerprint density at radius 2 is 2.19 bits per heavy atom. The lowest BCUT2D eigenvalue weighted by Gasteiger charge is -2.02. The van der Waals surface area contributed by atoms with Gasteiger partial charge in [-0.05, 0) is 31.5 Å². The fraction of sp³-hybridized carbons (Fsp3) is 0.182. The predicted molar refractivity (Wildman–Crippen MR) is 60.6 cm³/mol. The molecule has 0 aliphatic heterocycles. The van der Waals surface area contributed by atoms with E-state index in [1.807, 2.05) is 25.1 Å². The Bertz CT molecular complexity index is 580. The number of halogens is 1. The lowest BCUT2D eigenvalue weighted by molar-refractivity contribution is 0.831. The molecular formula is C11H9ClN4. The van der Waals surface area contributed by atoms with E-state index in [0.717, 1.165) is 5.56 Å². The minimum Gasteiger partial charge on any atom is -0.237 e. The van der Waals surface area contributed by atoms with E-state index < -0.39 is 0 Å². The van der Waals surface area contributed by atoms with Crippen LogP contribution in [0.2, 0.25) is 5.15 Å². The number of hydrogen-bond acceptors (Lipinski definition) is 3. The summed E-state index contributed by atoms with van der Waals surface area (Å²) in [5.41, 5.74) is 2.06. The minimum atomic E-state index is 0.304. The molecule has 5 heteroatoms. The molecule has 16 heavy (non-hydrogen) atoms. The molecule has 0 N–H and O–H groups in total. The zero-order valence-electron chi connectivity index (χ0n) is 8.90. The van der Waals surface area contributed by atoms with Gasteiger partial charge in [0.1, 0.15) is 11.6 Å². The molecule has 80 valence electrons. The lowest BCUT2D eigenvalue weighted by Crippen LogP contribution is -1.99. The van der Waals surface area contributed by atoms with E-state index in [-0.39, 0.29) is 0 Å². The van der Waals surface area contributed by atoms with Crippen molar-refractivity contribution in [3.8, 4) is 11.9 Å². The third kappa shape index (κ3) is 1.66. The number of hydrogen-bond donors (Lipinski definition) is 0. The van der Waals surface area contributed by atoms with Crippen LogP contribution >= 0.6 is 11.6 Å². The second kappa shape index (κ2) is 3.95. The van der Waals surface area contributed by atoms with Gasteiger partial charge < -0.3 is 0 Å². The summed E-state index contributed by atoms with van der Waals surface area (Å²) in [4.78, 5) is 4.17. The highest BCUT2D eigenvalue weighted by molar-refractivity contribution is 6.31. The molecule has 0 amide bonds. The molecule has 0 unspecified atom stereocenters. The van der Waals surface area contributed by atoms with E-state index in [1.165, 1.54) is 4.68 Å². The molecule has 0 fully saturated rings. The maximum absolute atomic E-state index is 8.91. The molecule has 0 aromatic carbocycles. The van der Waals surface area contributed by atoms with Crippen LogP contribution in [0.4, 0.5) is 0 Å². The Balaban J connectivity index is 2.62. The maximum Gasteiger partial charge on any atom is 0.155 e. The van der Waals surface area contributed by atoms with Gasteiger partial charge in [-0.1, -0.05) is 11.6 Å². The van der Waals surface area contributed by atoms with Crippen LogP contribution in [-0.4, -0.2) is 14.8 Å². The highest BCUT2D eigenvalue weighted by atomic mass is 35.5. The number of aryl methyl sites for hydroxylation is 2. The van der Waals surface area contributed by atoms with Crippen LogP contribution in [0.15, 0.2) is 18.3 Å². The fourth-order valence-corrected chi connectivity index (χ4v) is 1.72. The van der Waals surface area contributed by atoms with Crippen molar-refractivity contribution >= 4 is 11.6 Å².